The number of nitrogens with zero attached hydrogens (tertiary/aromatic N) is 2. The molecule has 0 spiro atoms. The van der Waals surface area contributed by atoms with Crippen molar-refractivity contribution < 1.29 is 18.3 Å². The van der Waals surface area contributed by atoms with Crippen LogP contribution in [0.2, 0.25) is 0 Å². The van der Waals surface area contributed by atoms with Gasteiger partial charge in [0, 0.05) is 38.9 Å². The Balaban J connectivity index is 1.88. The number of benzene rings is 1. The number of aliphatic hydroxyl groups is 1. The molecule has 0 bridgehead atoms. The Morgan fingerprint density at radius 2 is 2.13 bits per heavy atom. The van der Waals surface area contributed by atoms with Gasteiger partial charge < -0.3 is 10.0 Å². The SMILES string of the molecule is CC(=O)N1CCc2cc(S(=O)(=O)N3CCCC(CO)C3)ccc21. The number of fused-ring (bicyclic) bond motifs is 1. The van der Waals surface area contributed by atoms with Crippen LogP contribution in [0, 0.1) is 5.92 Å². The fraction of sp³-hybridized carbons (Fsp3) is 0.562. The average Bonchev–Trinajstić information content (AvgIpc) is 2.98. The molecule has 1 atom stereocenters. The normalized spacial score (nSPS) is 22.2. The van der Waals surface area contributed by atoms with Gasteiger partial charge in [0.1, 0.15) is 0 Å². The van der Waals surface area contributed by atoms with Crippen molar-refractivity contribution in [1.29, 1.82) is 0 Å². The summed E-state index contributed by atoms with van der Waals surface area (Å²) in [6.45, 7) is 3.00. The highest BCUT2D eigenvalue weighted by atomic mass is 32.2. The Kier molecular flexibility index (Phi) is 4.44. The summed E-state index contributed by atoms with van der Waals surface area (Å²) < 4.78 is 27.1. The summed E-state index contributed by atoms with van der Waals surface area (Å²) in [4.78, 5) is 13.5. The van der Waals surface area contributed by atoms with E-state index < -0.39 is 10.0 Å². The van der Waals surface area contributed by atoms with E-state index in [1.54, 1.807) is 23.1 Å². The van der Waals surface area contributed by atoms with Gasteiger partial charge in [0.05, 0.1) is 4.90 Å². The molecule has 1 unspecified atom stereocenters. The number of sulfonamides is 1. The van der Waals surface area contributed by atoms with Crippen LogP contribution in [-0.2, 0) is 21.2 Å². The van der Waals surface area contributed by atoms with Gasteiger partial charge in [0.25, 0.3) is 0 Å². The number of carbonyl (C=O) groups is 1. The third-order valence-corrected chi connectivity index (χ3v) is 6.57. The van der Waals surface area contributed by atoms with Gasteiger partial charge >= 0.3 is 0 Å². The standard InChI is InChI=1S/C16H22N2O4S/c1-12(20)18-8-6-14-9-15(4-5-16(14)18)23(21,22)17-7-2-3-13(10-17)11-19/h4-5,9,13,19H,2-3,6-8,10-11H2,1H3. The molecule has 1 amide bonds. The lowest BCUT2D eigenvalue weighted by Crippen LogP contribution is -2.40. The van der Waals surface area contributed by atoms with Crippen LogP contribution in [0.5, 0.6) is 0 Å². The molecule has 2 aliphatic heterocycles. The highest BCUT2D eigenvalue weighted by molar-refractivity contribution is 7.89. The van der Waals surface area contributed by atoms with Crippen molar-refractivity contribution in [3.63, 3.8) is 0 Å². The maximum Gasteiger partial charge on any atom is 0.243 e. The van der Waals surface area contributed by atoms with E-state index in [1.807, 2.05) is 0 Å². The van der Waals surface area contributed by atoms with Crippen LogP contribution >= 0.6 is 0 Å². The van der Waals surface area contributed by atoms with Gasteiger partial charge in [-0.25, -0.2) is 8.42 Å². The Hall–Kier alpha value is -1.44. The van der Waals surface area contributed by atoms with Gasteiger partial charge in [-0.05, 0) is 48.9 Å². The van der Waals surface area contributed by atoms with E-state index in [-0.39, 0.29) is 23.3 Å². The number of amides is 1. The number of rotatable bonds is 3. The minimum absolute atomic E-state index is 0.0150. The molecular weight excluding hydrogens is 316 g/mol. The number of anilines is 1. The lowest BCUT2D eigenvalue weighted by molar-refractivity contribution is -0.116. The van der Waals surface area contributed by atoms with Crippen LogP contribution in [0.15, 0.2) is 23.1 Å². The fourth-order valence-electron chi connectivity index (χ4n) is 3.41. The molecule has 0 radical (unpaired) electrons. The van der Waals surface area contributed by atoms with Crippen molar-refractivity contribution in [3.05, 3.63) is 23.8 Å². The Morgan fingerprint density at radius 3 is 2.83 bits per heavy atom. The third kappa shape index (κ3) is 3.00. The quantitative estimate of drug-likeness (QED) is 0.891. The molecule has 23 heavy (non-hydrogen) atoms. The van der Waals surface area contributed by atoms with E-state index in [4.69, 9.17) is 0 Å². The summed E-state index contributed by atoms with van der Waals surface area (Å²) >= 11 is 0. The van der Waals surface area contributed by atoms with Crippen LogP contribution in [0.4, 0.5) is 5.69 Å². The molecule has 7 heteroatoms. The summed E-state index contributed by atoms with van der Waals surface area (Å²) in [5.41, 5.74) is 1.71. The molecule has 1 aromatic carbocycles. The second-order valence-corrected chi connectivity index (χ2v) is 8.20. The highest BCUT2D eigenvalue weighted by Gasteiger charge is 2.31. The van der Waals surface area contributed by atoms with Crippen molar-refractivity contribution in [3.8, 4) is 0 Å². The smallest absolute Gasteiger partial charge is 0.243 e. The van der Waals surface area contributed by atoms with Gasteiger partial charge in [-0.2, -0.15) is 4.31 Å². The maximum absolute atomic E-state index is 12.8. The molecule has 6 nitrogen and oxygen atoms in total. The summed E-state index contributed by atoms with van der Waals surface area (Å²) in [6, 6.07) is 5.00. The van der Waals surface area contributed by atoms with E-state index in [1.165, 1.54) is 11.2 Å². The van der Waals surface area contributed by atoms with Crippen LogP contribution in [0.1, 0.15) is 25.3 Å². The first-order chi connectivity index (χ1) is 10.9. The predicted molar refractivity (Wildman–Crippen MR) is 86.7 cm³/mol. The average molecular weight is 338 g/mol. The van der Waals surface area contributed by atoms with Crippen molar-refractivity contribution in [2.45, 2.75) is 31.1 Å². The Morgan fingerprint density at radius 1 is 1.35 bits per heavy atom. The second-order valence-electron chi connectivity index (χ2n) is 6.27. The molecule has 0 aromatic heterocycles. The minimum atomic E-state index is -3.55. The minimum Gasteiger partial charge on any atom is -0.396 e. The van der Waals surface area contributed by atoms with E-state index >= 15 is 0 Å². The van der Waals surface area contributed by atoms with Crippen LogP contribution in [0.3, 0.4) is 0 Å². The first kappa shape index (κ1) is 16.4. The molecule has 1 aromatic rings. The van der Waals surface area contributed by atoms with E-state index in [0.29, 0.717) is 26.1 Å². The van der Waals surface area contributed by atoms with Crippen LogP contribution < -0.4 is 4.90 Å². The monoisotopic (exact) mass is 338 g/mol. The second kappa shape index (κ2) is 6.22. The molecule has 0 aliphatic carbocycles. The number of hydrogen-bond acceptors (Lipinski definition) is 4. The number of carbonyl (C=O) groups excluding carboxylic acids is 1. The van der Waals surface area contributed by atoms with Gasteiger partial charge in [-0.15, -0.1) is 0 Å². The number of piperidine rings is 1. The molecule has 1 fully saturated rings. The Bertz CT molecular complexity index is 717. The highest BCUT2D eigenvalue weighted by Crippen LogP contribution is 2.32. The van der Waals surface area contributed by atoms with Gasteiger partial charge in [-0.1, -0.05) is 0 Å². The van der Waals surface area contributed by atoms with Crippen molar-refractivity contribution in [1.82, 2.24) is 4.31 Å². The Labute approximate surface area is 136 Å². The molecular formula is C16H22N2O4S. The first-order valence-electron chi connectivity index (χ1n) is 7.95. The summed E-state index contributed by atoms with van der Waals surface area (Å²) in [5, 5.41) is 9.29. The third-order valence-electron chi connectivity index (χ3n) is 4.70. The summed E-state index contributed by atoms with van der Waals surface area (Å²) in [7, 11) is -3.55. The fourth-order valence-corrected chi connectivity index (χ4v) is 5.01. The van der Waals surface area contributed by atoms with Crippen LogP contribution in [-0.4, -0.2) is 50.0 Å². The van der Waals surface area contributed by atoms with Gasteiger partial charge in [0.15, 0.2) is 0 Å². The molecule has 1 N–H and O–H groups in total. The topological polar surface area (TPSA) is 77.9 Å². The lowest BCUT2D eigenvalue weighted by atomic mass is 10.0. The molecule has 2 aliphatic rings. The molecule has 126 valence electrons. The molecule has 3 rings (SSSR count). The molecule has 2 heterocycles. The maximum atomic E-state index is 12.8. The van der Waals surface area contributed by atoms with Gasteiger partial charge in [-0.3, -0.25) is 4.79 Å². The van der Waals surface area contributed by atoms with Crippen LogP contribution in [0.25, 0.3) is 0 Å². The first-order valence-corrected chi connectivity index (χ1v) is 9.39. The van der Waals surface area contributed by atoms with Crippen molar-refractivity contribution >= 4 is 21.6 Å². The van der Waals surface area contributed by atoms with E-state index in [0.717, 1.165) is 24.1 Å². The molecule has 1 saturated heterocycles. The predicted octanol–water partition coefficient (Wildman–Crippen LogP) is 0.989. The lowest BCUT2D eigenvalue weighted by Gasteiger charge is -2.31. The molecule has 0 saturated carbocycles. The summed E-state index contributed by atoms with van der Waals surface area (Å²) in [5.74, 6) is -0.0117. The summed E-state index contributed by atoms with van der Waals surface area (Å²) in [6.07, 6.45) is 2.31. The largest absolute Gasteiger partial charge is 0.396 e. The number of hydrogen-bond donors (Lipinski definition) is 1. The van der Waals surface area contributed by atoms with Crippen molar-refractivity contribution in [2.24, 2.45) is 5.92 Å². The zero-order chi connectivity index (χ0) is 16.6. The zero-order valence-corrected chi connectivity index (χ0v) is 14.1. The zero-order valence-electron chi connectivity index (χ0n) is 13.2. The van der Waals surface area contributed by atoms with E-state index in [2.05, 4.69) is 0 Å². The van der Waals surface area contributed by atoms with Crippen molar-refractivity contribution in [2.75, 3.05) is 31.1 Å². The number of aliphatic hydroxyl groups excluding tert-OH is 1. The van der Waals surface area contributed by atoms with E-state index in [9.17, 15) is 18.3 Å². The van der Waals surface area contributed by atoms with Gasteiger partial charge in [0.2, 0.25) is 15.9 Å².